The zero-order valence-electron chi connectivity index (χ0n) is 15.9. The van der Waals surface area contributed by atoms with Gasteiger partial charge in [0.05, 0.1) is 16.1 Å². The van der Waals surface area contributed by atoms with Gasteiger partial charge in [-0.1, -0.05) is 25.4 Å². The number of aromatic nitrogens is 2. The van der Waals surface area contributed by atoms with Gasteiger partial charge in [-0.25, -0.2) is 4.79 Å². The van der Waals surface area contributed by atoms with Crippen LogP contribution in [0.15, 0.2) is 32.8 Å². The molecule has 0 unspecified atom stereocenters. The highest BCUT2D eigenvalue weighted by atomic mass is 35.5. The molecule has 0 saturated carbocycles. The summed E-state index contributed by atoms with van der Waals surface area (Å²) < 4.78 is 46.8. The Kier molecular flexibility index (Phi) is 6.08. The van der Waals surface area contributed by atoms with Crippen LogP contribution in [0.2, 0.25) is 5.02 Å². The first-order valence-corrected chi connectivity index (χ1v) is 8.62. The number of benzene rings is 1. The molecule has 152 valence electrons. The molecular formula is C18H19ClF3N3O3. The molecule has 0 aliphatic rings. The molecule has 10 heteroatoms. The van der Waals surface area contributed by atoms with Crippen molar-refractivity contribution < 1.29 is 17.9 Å². The van der Waals surface area contributed by atoms with Gasteiger partial charge >= 0.3 is 11.9 Å². The quantitative estimate of drug-likeness (QED) is 0.563. The molecule has 0 fully saturated rings. The van der Waals surface area contributed by atoms with Crippen molar-refractivity contribution in [3.05, 3.63) is 55.2 Å². The number of hydrogen-bond acceptors (Lipinski definition) is 4. The van der Waals surface area contributed by atoms with E-state index in [1.54, 1.807) is 13.8 Å². The Hall–Kier alpha value is -2.55. The van der Waals surface area contributed by atoms with E-state index >= 15 is 0 Å². The maximum absolute atomic E-state index is 13.1. The minimum atomic E-state index is -4.64. The summed E-state index contributed by atoms with van der Waals surface area (Å²) in [5.74, 6) is -0.345. The first-order valence-electron chi connectivity index (χ1n) is 8.24. The zero-order chi connectivity index (χ0) is 21.4. The number of halogens is 4. The second kappa shape index (κ2) is 7.83. The van der Waals surface area contributed by atoms with Crippen molar-refractivity contribution in [1.82, 2.24) is 9.13 Å². The Morgan fingerprint density at radius 3 is 2.32 bits per heavy atom. The molecule has 0 bridgehead atoms. The molecule has 0 spiro atoms. The second-order valence-corrected chi connectivity index (χ2v) is 6.91. The highest BCUT2D eigenvalue weighted by Crippen LogP contribution is 2.37. The average Bonchev–Trinajstić information content (AvgIpc) is 2.61. The lowest BCUT2D eigenvalue weighted by Crippen LogP contribution is -2.38. The van der Waals surface area contributed by atoms with Gasteiger partial charge < -0.3 is 4.74 Å². The van der Waals surface area contributed by atoms with Crippen LogP contribution in [-0.2, 0) is 20.3 Å². The van der Waals surface area contributed by atoms with E-state index in [4.69, 9.17) is 16.3 Å². The third-order valence-electron chi connectivity index (χ3n) is 4.03. The van der Waals surface area contributed by atoms with Crippen LogP contribution in [-0.4, -0.2) is 15.0 Å². The van der Waals surface area contributed by atoms with Gasteiger partial charge in [0.1, 0.15) is 11.6 Å². The second-order valence-electron chi connectivity index (χ2n) is 6.50. The Morgan fingerprint density at radius 2 is 1.79 bits per heavy atom. The highest BCUT2D eigenvalue weighted by molar-refractivity contribution is 6.31. The number of alkyl halides is 3. The van der Waals surface area contributed by atoms with Crippen LogP contribution in [0.25, 0.3) is 0 Å². The normalized spacial score (nSPS) is 12.6. The van der Waals surface area contributed by atoms with Gasteiger partial charge in [0.25, 0.3) is 5.56 Å². The lowest BCUT2D eigenvalue weighted by molar-refractivity contribution is -0.137. The van der Waals surface area contributed by atoms with Crippen molar-refractivity contribution in [1.29, 1.82) is 0 Å². The molecule has 0 atom stereocenters. The number of hydrogen-bond donors (Lipinski definition) is 0. The fourth-order valence-corrected chi connectivity index (χ4v) is 2.66. The van der Waals surface area contributed by atoms with Crippen molar-refractivity contribution in [2.24, 2.45) is 25.0 Å². The first-order chi connectivity index (χ1) is 12.8. The van der Waals surface area contributed by atoms with Crippen LogP contribution in [0.4, 0.5) is 19.0 Å². The van der Waals surface area contributed by atoms with E-state index in [2.05, 4.69) is 4.99 Å². The van der Waals surface area contributed by atoms with Crippen molar-refractivity contribution in [2.45, 2.75) is 26.9 Å². The number of rotatable bonds is 3. The molecule has 2 rings (SSSR count). The van der Waals surface area contributed by atoms with E-state index in [0.717, 1.165) is 16.7 Å². The summed E-state index contributed by atoms with van der Waals surface area (Å²) in [7, 11) is 2.78. The van der Waals surface area contributed by atoms with E-state index in [1.165, 1.54) is 31.7 Å². The summed E-state index contributed by atoms with van der Waals surface area (Å²) in [5, 5.41) is -0.451. The van der Waals surface area contributed by atoms with Gasteiger partial charge in [0, 0.05) is 20.0 Å². The Morgan fingerprint density at radius 1 is 1.18 bits per heavy atom. The number of aliphatic imine (C=N–C) groups is 1. The standard InChI is InChI=1S/C18H19ClF3N3O3/c1-9(2)15(23-14-10(3)16(26)25(5)17(27)24(14)4)28-11-6-7-13(19)12(8-11)18(20,21)22/h6-9H,1-5H3. The van der Waals surface area contributed by atoms with Crippen LogP contribution in [0.5, 0.6) is 5.75 Å². The topological polar surface area (TPSA) is 65.6 Å². The van der Waals surface area contributed by atoms with E-state index in [-0.39, 0.29) is 28.9 Å². The molecule has 1 heterocycles. The SMILES string of the molecule is Cc1c(N=C(Oc2ccc(Cl)c(C(F)(F)F)c2)C(C)C)n(C)c(=O)n(C)c1=O. The van der Waals surface area contributed by atoms with Gasteiger partial charge in [-0.3, -0.25) is 13.9 Å². The van der Waals surface area contributed by atoms with Crippen LogP contribution in [0, 0.1) is 12.8 Å². The van der Waals surface area contributed by atoms with Crippen molar-refractivity contribution in [2.75, 3.05) is 0 Å². The predicted molar refractivity (Wildman–Crippen MR) is 101 cm³/mol. The third kappa shape index (κ3) is 4.30. The Labute approximate surface area is 163 Å². The lowest BCUT2D eigenvalue weighted by atomic mass is 10.2. The molecule has 6 nitrogen and oxygen atoms in total. The number of nitrogens with zero attached hydrogens (tertiary/aromatic N) is 3. The van der Waals surface area contributed by atoms with Crippen LogP contribution < -0.4 is 16.0 Å². The van der Waals surface area contributed by atoms with E-state index in [1.807, 2.05) is 0 Å². The molecule has 28 heavy (non-hydrogen) atoms. The van der Waals surface area contributed by atoms with Gasteiger partial charge in [-0.15, -0.1) is 0 Å². The van der Waals surface area contributed by atoms with Crippen molar-refractivity contribution in [3.8, 4) is 5.75 Å². The molecular weight excluding hydrogens is 399 g/mol. The fraction of sp³-hybridized carbons (Fsp3) is 0.389. The van der Waals surface area contributed by atoms with E-state index < -0.39 is 28.0 Å². The summed E-state index contributed by atoms with van der Waals surface area (Å²) >= 11 is 5.62. The highest BCUT2D eigenvalue weighted by Gasteiger charge is 2.33. The molecule has 0 saturated heterocycles. The van der Waals surface area contributed by atoms with Gasteiger partial charge in [0.15, 0.2) is 5.90 Å². The maximum Gasteiger partial charge on any atom is 0.417 e. The zero-order valence-corrected chi connectivity index (χ0v) is 16.6. The smallest absolute Gasteiger partial charge is 0.417 e. The third-order valence-corrected chi connectivity index (χ3v) is 4.36. The maximum atomic E-state index is 13.1. The van der Waals surface area contributed by atoms with Gasteiger partial charge in [0.2, 0.25) is 0 Å². The minimum Gasteiger partial charge on any atom is -0.443 e. The lowest BCUT2D eigenvalue weighted by Gasteiger charge is -2.16. The Bertz CT molecular complexity index is 1020. The monoisotopic (exact) mass is 417 g/mol. The van der Waals surface area contributed by atoms with Crippen molar-refractivity contribution >= 4 is 23.3 Å². The molecule has 0 N–H and O–H groups in total. The summed E-state index contributed by atoms with van der Waals surface area (Å²) in [6.45, 7) is 4.93. The summed E-state index contributed by atoms with van der Waals surface area (Å²) in [6.07, 6.45) is -4.64. The van der Waals surface area contributed by atoms with Gasteiger partial charge in [-0.2, -0.15) is 18.2 Å². The molecule has 1 aromatic carbocycles. The predicted octanol–water partition coefficient (Wildman–Crippen LogP) is 3.83. The molecule has 0 aliphatic carbocycles. The minimum absolute atomic E-state index is 0.0433. The molecule has 2 aromatic rings. The summed E-state index contributed by atoms with van der Waals surface area (Å²) in [4.78, 5) is 28.6. The fourth-order valence-electron chi connectivity index (χ4n) is 2.44. The van der Waals surface area contributed by atoms with Crippen LogP contribution >= 0.6 is 11.6 Å². The largest absolute Gasteiger partial charge is 0.443 e. The molecule has 0 aliphatic heterocycles. The first kappa shape index (κ1) is 21.7. The average molecular weight is 418 g/mol. The van der Waals surface area contributed by atoms with E-state index in [0.29, 0.717) is 0 Å². The van der Waals surface area contributed by atoms with Crippen molar-refractivity contribution in [3.63, 3.8) is 0 Å². The number of ether oxygens (including phenoxy) is 1. The molecule has 0 amide bonds. The molecule has 0 radical (unpaired) electrons. The molecule has 1 aromatic heterocycles. The van der Waals surface area contributed by atoms with E-state index in [9.17, 15) is 22.8 Å². The van der Waals surface area contributed by atoms with Crippen LogP contribution in [0.1, 0.15) is 25.0 Å². The summed E-state index contributed by atoms with van der Waals surface area (Å²) in [6, 6.07) is 3.14. The van der Waals surface area contributed by atoms with Crippen LogP contribution in [0.3, 0.4) is 0 Å². The Balaban J connectivity index is 2.58. The summed E-state index contributed by atoms with van der Waals surface area (Å²) in [5.41, 5.74) is -1.93. The van der Waals surface area contributed by atoms with Gasteiger partial charge in [-0.05, 0) is 25.1 Å².